The molecule has 2 rings (SSSR count). The number of pyridine rings is 1. The van der Waals surface area contributed by atoms with Crippen LogP contribution in [0.3, 0.4) is 0 Å². The zero-order chi connectivity index (χ0) is 16.8. The van der Waals surface area contributed by atoms with Gasteiger partial charge in [0.15, 0.2) is 12.8 Å². The Hall–Kier alpha value is -2.74. The number of nitrogens with one attached hydrogen (secondary N) is 1. The number of thiophene rings is 1. The lowest BCUT2D eigenvalue weighted by Gasteiger charge is -2.04. The first-order valence-electron chi connectivity index (χ1n) is 6.69. The van der Waals surface area contributed by atoms with Gasteiger partial charge in [-0.2, -0.15) is 4.73 Å². The molecule has 1 amide bonds. The second kappa shape index (κ2) is 7.50. The Morgan fingerprint density at radius 3 is 2.74 bits per heavy atom. The number of ketones is 1. The van der Waals surface area contributed by atoms with Gasteiger partial charge in [-0.25, -0.2) is 4.79 Å². The van der Waals surface area contributed by atoms with Gasteiger partial charge in [0.2, 0.25) is 11.7 Å². The van der Waals surface area contributed by atoms with Gasteiger partial charge in [-0.15, -0.1) is 11.3 Å². The number of amides is 1. The number of ether oxygens (including phenoxy) is 1. The van der Waals surface area contributed by atoms with Crippen molar-refractivity contribution >= 4 is 29.0 Å². The van der Waals surface area contributed by atoms with Gasteiger partial charge >= 0.3 is 11.7 Å². The quantitative estimate of drug-likeness (QED) is 0.368. The highest BCUT2D eigenvalue weighted by Crippen LogP contribution is 2.17. The summed E-state index contributed by atoms with van der Waals surface area (Å²) in [6, 6.07) is 7.65. The fourth-order valence-electron chi connectivity index (χ4n) is 1.70. The highest BCUT2D eigenvalue weighted by molar-refractivity contribution is 7.14. The summed E-state index contributed by atoms with van der Waals surface area (Å²) in [6.07, 6.45) is 1.17. The van der Waals surface area contributed by atoms with E-state index in [-0.39, 0.29) is 17.4 Å². The summed E-state index contributed by atoms with van der Waals surface area (Å²) >= 11 is 1.21. The lowest BCUT2D eigenvalue weighted by Crippen LogP contribution is -2.35. The topological polar surface area (TPSA) is 99.4 Å². The Kier molecular flexibility index (Phi) is 5.42. The number of aromatic nitrogens is 1. The van der Waals surface area contributed by atoms with Crippen LogP contribution < -0.4 is 10.0 Å². The molecule has 0 saturated heterocycles. The molecule has 0 unspecified atom stereocenters. The molecular weight excluding hydrogens is 320 g/mol. The van der Waals surface area contributed by atoms with Gasteiger partial charge in [0.05, 0.1) is 11.4 Å². The zero-order valence-electron chi connectivity index (χ0n) is 12.3. The van der Waals surface area contributed by atoms with E-state index in [0.29, 0.717) is 16.2 Å². The predicted molar refractivity (Wildman–Crippen MR) is 81.9 cm³/mol. The lowest BCUT2D eigenvalue weighted by molar-refractivity contribution is -0.608. The molecule has 1 N–H and O–H groups in total. The van der Waals surface area contributed by atoms with E-state index in [4.69, 9.17) is 4.74 Å². The molecule has 0 fully saturated rings. The molecule has 120 valence electrons. The summed E-state index contributed by atoms with van der Waals surface area (Å²) in [5.74, 6) is -1.39. The molecule has 0 aliphatic carbocycles. The second-order valence-electron chi connectivity index (χ2n) is 4.59. The molecule has 2 aromatic heterocycles. The van der Waals surface area contributed by atoms with Gasteiger partial charge in [0.25, 0.3) is 0 Å². The molecule has 23 heavy (non-hydrogen) atoms. The minimum atomic E-state index is -0.857. The summed E-state index contributed by atoms with van der Waals surface area (Å²) in [4.78, 5) is 35.8. The van der Waals surface area contributed by atoms with Crippen molar-refractivity contribution in [3.63, 3.8) is 0 Å². The summed E-state index contributed by atoms with van der Waals surface area (Å²) in [7, 11) is 0. The Morgan fingerprint density at radius 1 is 1.26 bits per heavy atom. The summed E-state index contributed by atoms with van der Waals surface area (Å²) in [5, 5.41) is 14.0. The predicted octanol–water partition coefficient (Wildman–Crippen LogP) is 1.06. The molecule has 0 aliphatic rings. The number of esters is 1. The van der Waals surface area contributed by atoms with Crippen LogP contribution in [0.15, 0.2) is 36.5 Å². The molecule has 8 heteroatoms. The molecule has 0 saturated carbocycles. The maximum Gasteiger partial charge on any atom is 0.405 e. The van der Waals surface area contributed by atoms with Crippen molar-refractivity contribution in [1.29, 1.82) is 0 Å². The fraction of sp³-hybridized carbons (Fsp3) is 0.200. The average Bonchev–Trinajstić information content (AvgIpc) is 3.00. The molecule has 2 aromatic rings. The van der Waals surface area contributed by atoms with Crippen molar-refractivity contribution in [3.8, 4) is 0 Å². The van der Waals surface area contributed by atoms with Crippen molar-refractivity contribution in [3.05, 3.63) is 57.2 Å². The number of nitrogens with zero attached hydrogens (tertiary/aromatic N) is 1. The highest BCUT2D eigenvalue weighted by atomic mass is 32.1. The maximum absolute atomic E-state index is 12.0. The molecular formula is C15H14N2O5S. The van der Waals surface area contributed by atoms with E-state index in [2.05, 4.69) is 5.32 Å². The number of rotatable bonds is 6. The first kappa shape index (κ1) is 16.6. The summed E-state index contributed by atoms with van der Waals surface area (Å²) in [5.41, 5.74) is -0.183. The van der Waals surface area contributed by atoms with Crippen LogP contribution in [0.5, 0.6) is 0 Å². The number of hydrogen-bond donors (Lipinski definition) is 1. The van der Waals surface area contributed by atoms with Crippen LogP contribution in [0.2, 0.25) is 0 Å². The van der Waals surface area contributed by atoms with Gasteiger partial charge in [0.1, 0.15) is 0 Å². The smallest absolute Gasteiger partial charge is 0.405 e. The first-order chi connectivity index (χ1) is 11.0. The van der Waals surface area contributed by atoms with Crippen LogP contribution in [-0.2, 0) is 16.1 Å². The Labute approximate surface area is 136 Å². The van der Waals surface area contributed by atoms with E-state index >= 15 is 0 Å². The average molecular weight is 334 g/mol. The lowest BCUT2D eigenvalue weighted by atomic mass is 10.3. The van der Waals surface area contributed by atoms with Gasteiger partial charge in [-0.1, -0.05) is 0 Å². The van der Waals surface area contributed by atoms with Crippen molar-refractivity contribution in [1.82, 2.24) is 5.32 Å². The van der Waals surface area contributed by atoms with Crippen LogP contribution in [0.1, 0.15) is 32.0 Å². The maximum atomic E-state index is 12.0. The van der Waals surface area contributed by atoms with E-state index in [1.165, 1.54) is 42.7 Å². The van der Waals surface area contributed by atoms with Gasteiger partial charge in [0, 0.05) is 23.9 Å². The molecule has 0 bridgehead atoms. The molecule has 0 aromatic carbocycles. The van der Waals surface area contributed by atoms with Crippen LogP contribution >= 0.6 is 11.3 Å². The normalized spacial score (nSPS) is 10.1. The fourth-order valence-corrected chi connectivity index (χ4v) is 2.57. The first-order valence-corrected chi connectivity index (χ1v) is 7.50. The van der Waals surface area contributed by atoms with E-state index in [1.54, 1.807) is 12.1 Å². The second-order valence-corrected chi connectivity index (χ2v) is 5.76. The minimum absolute atomic E-state index is 0.158. The highest BCUT2D eigenvalue weighted by Gasteiger charge is 2.19. The van der Waals surface area contributed by atoms with Crippen LogP contribution in [0.25, 0.3) is 0 Å². The molecule has 0 spiro atoms. The van der Waals surface area contributed by atoms with E-state index in [0.717, 1.165) is 4.88 Å². The van der Waals surface area contributed by atoms with Crippen molar-refractivity contribution < 1.29 is 23.9 Å². The van der Waals surface area contributed by atoms with Crippen molar-refractivity contribution in [2.24, 2.45) is 0 Å². The number of Topliss-reactive ketones (excluding diaryl/α,β-unsaturated/α-hetero) is 1. The number of carbonyl (C=O) groups is 3. The van der Waals surface area contributed by atoms with Crippen molar-refractivity contribution in [2.75, 3.05) is 6.61 Å². The number of carbonyl (C=O) groups excluding carboxylic acids is 3. The summed E-state index contributed by atoms with van der Waals surface area (Å²) < 4.78 is 5.24. The largest absolute Gasteiger partial charge is 0.618 e. The molecule has 7 nitrogen and oxygen atoms in total. The number of hydrogen-bond acceptors (Lipinski definition) is 6. The third-order valence-electron chi connectivity index (χ3n) is 2.82. The standard InChI is InChI=1S/C15H14N2O5S/c1-10(18)16-8-11-5-6-14(23-11)13(19)9-22-15(20)12-4-2-3-7-17(12)21/h2-7H,8-9H2,1H3,(H,16,18). The van der Waals surface area contributed by atoms with Gasteiger partial charge < -0.3 is 15.3 Å². The van der Waals surface area contributed by atoms with E-state index in [1.807, 2.05) is 0 Å². The Bertz CT molecular complexity index is 741. The SMILES string of the molecule is CC(=O)NCc1ccc(C(=O)COC(=O)c2cccc[n+]2[O-])s1. The monoisotopic (exact) mass is 334 g/mol. The zero-order valence-corrected chi connectivity index (χ0v) is 13.1. The minimum Gasteiger partial charge on any atom is -0.618 e. The van der Waals surface area contributed by atoms with E-state index < -0.39 is 12.6 Å². The van der Waals surface area contributed by atoms with Crippen molar-refractivity contribution in [2.45, 2.75) is 13.5 Å². The third-order valence-corrected chi connectivity index (χ3v) is 3.94. The third kappa shape index (κ3) is 4.62. The molecule has 0 atom stereocenters. The summed E-state index contributed by atoms with van der Waals surface area (Å²) in [6.45, 7) is 1.30. The van der Waals surface area contributed by atoms with Crippen LogP contribution in [0.4, 0.5) is 0 Å². The van der Waals surface area contributed by atoms with Crippen LogP contribution in [-0.4, -0.2) is 24.3 Å². The molecule has 0 aliphatic heterocycles. The van der Waals surface area contributed by atoms with E-state index in [9.17, 15) is 19.6 Å². The van der Waals surface area contributed by atoms with Gasteiger partial charge in [-0.05, 0) is 18.2 Å². The Balaban J connectivity index is 1.91. The van der Waals surface area contributed by atoms with Gasteiger partial charge in [-0.3, -0.25) is 9.59 Å². The molecule has 2 heterocycles. The molecule has 0 radical (unpaired) electrons. The van der Waals surface area contributed by atoms with Crippen LogP contribution in [0, 0.1) is 5.21 Å². The Morgan fingerprint density at radius 2 is 2.04 bits per heavy atom.